The molecule has 0 radical (unpaired) electrons. The van der Waals surface area contributed by atoms with Gasteiger partial charge in [0.2, 0.25) is 5.95 Å². The van der Waals surface area contributed by atoms with Crippen LogP contribution >= 0.6 is 0 Å². The maximum Gasteiger partial charge on any atom is 0.226 e. The van der Waals surface area contributed by atoms with E-state index in [-0.39, 0.29) is 0 Å². The van der Waals surface area contributed by atoms with Crippen molar-refractivity contribution in [2.45, 2.75) is 13.0 Å². The normalized spacial score (nSPS) is 21.0. The molecule has 1 saturated heterocycles. The van der Waals surface area contributed by atoms with Crippen LogP contribution in [0.3, 0.4) is 0 Å². The van der Waals surface area contributed by atoms with Crippen LogP contribution in [-0.2, 0) is 0 Å². The molecule has 1 atom stereocenters. The number of aromatic amines is 1. The van der Waals surface area contributed by atoms with E-state index in [9.17, 15) is 0 Å². The second-order valence-corrected chi connectivity index (χ2v) is 5.06. The molecule has 2 aromatic rings. The van der Waals surface area contributed by atoms with E-state index in [2.05, 4.69) is 49.3 Å². The molecule has 2 aromatic heterocycles. The first-order valence-electron chi connectivity index (χ1n) is 6.53. The predicted octanol–water partition coefficient (Wildman–Crippen LogP) is 0.535. The fourth-order valence-electron chi connectivity index (χ4n) is 2.60. The Kier molecular flexibility index (Phi) is 2.98. The zero-order valence-corrected chi connectivity index (χ0v) is 11.5. The van der Waals surface area contributed by atoms with Crippen molar-refractivity contribution in [2.24, 2.45) is 0 Å². The molecule has 1 unspecified atom stereocenters. The predicted molar refractivity (Wildman–Crippen MR) is 75.5 cm³/mol. The first-order valence-corrected chi connectivity index (χ1v) is 6.53. The summed E-state index contributed by atoms with van der Waals surface area (Å²) in [6.07, 6.45) is 1.80. The Bertz CT molecular complexity index is 578. The lowest BCUT2D eigenvalue weighted by Gasteiger charge is -2.39. The van der Waals surface area contributed by atoms with Crippen LogP contribution in [0.1, 0.15) is 6.92 Å². The van der Waals surface area contributed by atoms with E-state index in [1.165, 1.54) is 0 Å². The standard InChI is InChI=1S/C12H19N7/c1-8-7-18(3)4-5-19(8)11-9-6-14-17-10(9)15-12(13-2)16-11/h6,8H,4-5,7H2,1-3H3,(H2,13,14,15,16,17). The molecule has 0 aliphatic carbocycles. The largest absolute Gasteiger partial charge is 0.357 e. The van der Waals surface area contributed by atoms with E-state index in [1.54, 1.807) is 6.20 Å². The van der Waals surface area contributed by atoms with Crippen molar-refractivity contribution in [3.05, 3.63) is 6.20 Å². The summed E-state index contributed by atoms with van der Waals surface area (Å²) in [4.78, 5) is 13.7. The van der Waals surface area contributed by atoms with Crippen LogP contribution in [0.4, 0.5) is 11.8 Å². The van der Waals surface area contributed by atoms with Crippen molar-refractivity contribution in [1.82, 2.24) is 25.1 Å². The quantitative estimate of drug-likeness (QED) is 0.822. The Labute approximate surface area is 112 Å². The van der Waals surface area contributed by atoms with Crippen LogP contribution in [0.5, 0.6) is 0 Å². The number of aromatic nitrogens is 4. The highest BCUT2D eigenvalue weighted by atomic mass is 15.3. The maximum atomic E-state index is 4.62. The third-order valence-corrected chi connectivity index (χ3v) is 3.62. The van der Waals surface area contributed by atoms with Gasteiger partial charge in [-0.05, 0) is 14.0 Å². The van der Waals surface area contributed by atoms with Gasteiger partial charge in [0.05, 0.1) is 11.6 Å². The Balaban J connectivity index is 2.05. The highest BCUT2D eigenvalue weighted by Crippen LogP contribution is 2.26. The van der Waals surface area contributed by atoms with Gasteiger partial charge in [0.15, 0.2) is 5.65 Å². The Morgan fingerprint density at radius 3 is 2.95 bits per heavy atom. The molecule has 7 heteroatoms. The van der Waals surface area contributed by atoms with Gasteiger partial charge in [0.1, 0.15) is 5.82 Å². The molecular formula is C12H19N7. The van der Waals surface area contributed by atoms with Gasteiger partial charge in [-0.3, -0.25) is 5.10 Å². The zero-order valence-electron chi connectivity index (χ0n) is 11.5. The zero-order chi connectivity index (χ0) is 13.4. The lowest BCUT2D eigenvalue weighted by atomic mass is 10.2. The first kappa shape index (κ1) is 12.2. The van der Waals surface area contributed by atoms with Gasteiger partial charge in [0.25, 0.3) is 0 Å². The molecule has 1 fully saturated rings. The minimum Gasteiger partial charge on any atom is -0.357 e. The number of hydrogen-bond donors (Lipinski definition) is 2. The molecule has 0 bridgehead atoms. The molecule has 3 heterocycles. The number of nitrogens with one attached hydrogen (secondary N) is 2. The van der Waals surface area contributed by atoms with Crippen molar-refractivity contribution in [1.29, 1.82) is 0 Å². The second kappa shape index (κ2) is 4.65. The number of nitrogens with zero attached hydrogens (tertiary/aromatic N) is 5. The monoisotopic (exact) mass is 261 g/mol. The van der Waals surface area contributed by atoms with Gasteiger partial charge in [-0.25, -0.2) is 0 Å². The molecule has 0 spiro atoms. The number of H-pyrrole nitrogens is 1. The van der Waals surface area contributed by atoms with Crippen LogP contribution in [0, 0.1) is 0 Å². The third-order valence-electron chi connectivity index (χ3n) is 3.62. The first-order chi connectivity index (χ1) is 9.19. The molecule has 1 aliphatic rings. The van der Waals surface area contributed by atoms with Crippen molar-refractivity contribution in [2.75, 3.05) is 43.9 Å². The number of fused-ring (bicyclic) bond motifs is 1. The van der Waals surface area contributed by atoms with Gasteiger partial charge in [-0.1, -0.05) is 0 Å². The fourth-order valence-corrected chi connectivity index (χ4v) is 2.60. The van der Waals surface area contributed by atoms with E-state index in [0.717, 1.165) is 36.5 Å². The molecule has 19 heavy (non-hydrogen) atoms. The van der Waals surface area contributed by atoms with Crippen molar-refractivity contribution in [3.8, 4) is 0 Å². The average Bonchev–Trinajstić information content (AvgIpc) is 2.86. The van der Waals surface area contributed by atoms with Crippen molar-refractivity contribution >= 4 is 22.8 Å². The smallest absolute Gasteiger partial charge is 0.226 e. The molecule has 0 amide bonds. The number of anilines is 2. The van der Waals surface area contributed by atoms with Crippen LogP contribution in [0.25, 0.3) is 11.0 Å². The van der Waals surface area contributed by atoms with E-state index in [1.807, 2.05) is 7.05 Å². The fraction of sp³-hybridized carbons (Fsp3) is 0.583. The summed E-state index contributed by atoms with van der Waals surface area (Å²) in [6.45, 7) is 5.28. The highest BCUT2D eigenvalue weighted by molar-refractivity contribution is 5.87. The highest BCUT2D eigenvalue weighted by Gasteiger charge is 2.25. The molecule has 0 aromatic carbocycles. The summed E-state index contributed by atoms with van der Waals surface area (Å²) in [5.41, 5.74) is 0.778. The minimum absolute atomic E-state index is 0.427. The number of likely N-dealkylation sites (N-methyl/N-ethyl adjacent to an activating group) is 1. The van der Waals surface area contributed by atoms with Gasteiger partial charge in [-0.15, -0.1) is 0 Å². The SMILES string of the molecule is CNc1nc(N2CCN(C)CC2C)c2cn[nH]c2n1. The van der Waals surface area contributed by atoms with E-state index in [4.69, 9.17) is 0 Å². The molecule has 102 valence electrons. The van der Waals surface area contributed by atoms with Crippen molar-refractivity contribution in [3.63, 3.8) is 0 Å². The Morgan fingerprint density at radius 2 is 2.21 bits per heavy atom. The second-order valence-electron chi connectivity index (χ2n) is 5.06. The van der Waals surface area contributed by atoms with Gasteiger partial charge < -0.3 is 15.1 Å². The molecule has 3 rings (SSSR count). The molecule has 2 N–H and O–H groups in total. The van der Waals surface area contributed by atoms with Gasteiger partial charge in [-0.2, -0.15) is 15.1 Å². The Hall–Kier alpha value is -1.89. The van der Waals surface area contributed by atoms with E-state index < -0.39 is 0 Å². The molecular weight excluding hydrogens is 242 g/mol. The maximum absolute atomic E-state index is 4.62. The van der Waals surface area contributed by atoms with Crippen LogP contribution in [0.15, 0.2) is 6.20 Å². The topological polar surface area (TPSA) is 73.0 Å². The van der Waals surface area contributed by atoms with E-state index >= 15 is 0 Å². The molecule has 1 aliphatic heterocycles. The van der Waals surface area contributed by atoms with Gasteiger partial charge in [0, 0.05) is 32.7 Å². The molecule has 0 saturated carbocycles. The molecule has 7 nitrogen and oxygen atoms in total. The lowest BCUT2D eigenvalue weighted by molar-refractivity contribution is 0.275. The summed E-state index contributed by atoms with van der Waals surface area (Å²) >= 11 is 0. The lowest BCUT2D eigenvalue weighted by Crippen LogP contribution is -2.50. The minimum atomic E-state index is 0.427. The summed E-state index contributed by atoms with van der Waals surface area (Å²) in [6, 6.07) is 0.427. The van der Waals surface area contributed by atoms with Gasteiger partial charge >= 0.3 is 0 Å². The summed E-state index contributed by atoms with van der Waals surface area (Å²) in [5.74, 6) is 1.58. The average molecular weight is 261 g/mol. The number of rotatable bonds is 2. The van der Waals surface area contributed by atoms with Crippen molar-refractivity contribution < 1.29 is 0 Å². The van der Waals surface area contributed by atoms with Crippen LogP contribution in [-0.4, -0.2) is 64.8 Å². The van der Waals surface area contributed by atoms with E-state index in [0.29, 0.717) is 12.0 Å². The summed E-state index contributed by atoms with van der Waals surface area (Å²) in [7, 11) is 3.98. The number of piperazine rings is 1. The third kappa shape index (κ3) is 2.10. The van der Waals surface area contributed by atoms with Crippen LogP contribution < -0.4 is 10.2 Å². The van der Waals surface area contributed by atoms with Crippen LogP contribution in [0.2, 0.25) is 0 Å². The number of hydrogen-bond acceptors (Lipinski definition) is 6. The summed E-state index contributed by atoms with van der Waals surface area (Å²) in [5, 5.41) is 11.0. The Morgan fingerprint density at radius 1 is 1.37 bits per heavy atom. The summed E-state index contributed by atoms with van der Waals surface area (Å²) < 4.78 is 0.